The minimum Gasteiger partial charge on any atom is -0.379 e. The molecule has 7 heteroatoms. The Morgan fingerprint density at radius 1 is 1.29 bits per heavy atom. The summed E-state index contributed by atoms with van der Waals surface area (Å²) in [5.41, 5.74) is 0. The fraction of sp³-hybridized carbons (Fsp3) is 0.706. The molecule has 3 rings (SSSR count). The monoisotopic (exact) mass is 333 g/mol. The van der Waals surface area contributed by atoms with Crippen LogP contribution in [0.15, 0.2) is 18.5 Å². The number of ether oxygens (including phenoxy) is 1. The molecule has 0 aliphatic carbocycles. The number of hydrogen-bond donors (Lipinski definition) is 1. The van der Waals surface area contributed by atoms with E-state index in [9.17, 15) is 4.79 Å². The van der Waals surface area contributed by atoms with Crippen molar-refractivity contribution in [3.8, 4) is 0 Å². The van der Waals surface area contributed by atoms with Gasteiger partial charge in [0.15, 0.2) is 0 Å². The number of carbonyl (C=O) groups is 1. The number of hydrogen-bond acceptors (Lipinski definition) is 6. The molecule has 0 bridgehead atoms. The molecule has 7 nitrogen and oxygen atoms in total. The van der Waals surface area contributed by atoms with E-state index in [-0.39, 0.29) is 5.91 Å². The molecule has 2 fully saturated rings. The molecule has 132 valence electrons. The summed E-state index contributed by atoms with van der Waals surface area (Å²) in [6, 6.07) is 2.27. The summed E-state index contributed by atoms with van der Waals surface area (Å²) in [6.45, 7) is 8.28. The highest BCUT2D eigenvalue weighted by atomic mass is 16.5. The van der Waals surface area contributed by atoms with Gasteiger partial charge in [-0.3, -0.25) is 9.69 Å². The SMILES string of the molecule is C[C@H]1CN(C(=O)CCCNc2ncccn2)C[C@H]1N1CCOCC1. The average Bonchev–Trinajstić information content (AvgIpc) is 3.02. The van der Waals surface area contributed by atoms with E-state index < -0.39 is 0 Å². The quantitative estimate of drug-likeness (QED) is 0.778. The van der Waals surface area contributed by atoms with Gasteiger partial charge in [-0.15, -0.1) is 0 Å². The van der Waals surface area contributed by atoms with Crippen LogP contribution in [0.3, 0.4) is 0 Å². The molecule has 1 aromatic heterocycles. The third-order valence-electron chi connectivity index (χ3n) is 4.86. The zero-order valence-electron chi connectivity index (χ0n) is 14.4. The Labute approximate surface area is 143 Å². The molecule has 0 aromatic carbocycles. The van der Waals surface area contributed by atoms with Crippen molar-refractivity contribution in [1.29, 1.82) is 0 Å². The number of aromatic nitrogens is 2. The molecular formula is C17H27N5O2. The highest BCUT2D eigenvalue weighted by molar-refractivity contribution is 5.76. The smallest absolute Gasteiger partial charge is 0.222 e. The van der Waals surface area contributed by atoms with E-state index in [1.54, 1.807) is 18.5 Å². The first-order valence-corrected chi connectivity index (χ1v) is 8.84. The predicted molar refractivity (Wildman–Crippen MR) is 91.7 cm³/mol. The Bertz CT molecular complexity index is 521. The maximum atomic E-state index is 12.5. The number of morpholine rings is 1. The summed E-state index contributed by atoms with van der Waals surface area (Å²) in [5, 5.41) is 3.14. The van der Waals surface area contributed by atoms with Gasteiger partial charge in [0.25, 0.3) is 0 Å². The molecule has 2 aliphatic heterocycles. The molecule has 0 radical (unpaired) electrons. The van der Waals surface area contributed by atoms with Crippen LogP contribution in [0.1, 0.15) is 19.8 Å². The first kappa shape index (κ1) is 17.1. The zero-order chi connectivity index (χ0) is 16.8. The normalized spacial score (nSPS) is 25.0. The molecule has 2 atom stereocenters. The third kappa shape index (κ3) is 4.42. The van der Waals surface area contributed by atoms with E-state index in [2.05, 4.69) is 27.1 Å². The Morgan fingerprint density at radius 2 is 2.04 bits per heavy atom. The van der Waals surface area contributed by atoms with Crippen molar-refractivity contribution in [1.82, 2.24) is 19.8 Å². The largest absolute Gasteiger partial charge is 0.379 e. The van der Waals surface area contributed by atoms with Crippen molar-refractivity contribution in [3.05, 3.63) is 18.5 Å². The van der Waals surface area contributed by atoms with Crippen LogP contribution in [0.2, 0.25) is 0 Å². The van der Waals surface area contributed by atoms with Gasteiger partial charge in [-0.1, -0.05) is 6.92 Å². The molecule has 1 aromatic rings. The molecule has 3 heterocycles. The van der Waals surface area contributed by atoms with Gasteiger partial charge in [0.2, 0.25) is 11.9 Å². The van der Waals surface area contributed by atoms with E-state index in [1.807, 2.05) is 4.90 Å². The highest BCUT2D eigenvalue weighted by Gasteiger charge is 2.36. The van der Waals surface area contributed by atoms with Crippen LogP contribution in [0.25, 0.3) is 0 Å². The minimum atomic E-state index is 0.258. The molecular weight excluding hydrogens is 306 g/mol. The van der Waals surface area contributed by atoms with Gasteiger partial charge >= 0.3 is 0 Å². The zero-order valence-corrected chi connectivity index (χ0v) is 14.4. The lowest BCUT2D eigenvalue weighted by molar-refractivity contribution is -0.130. The summed E-state index contributed by atoms with van der Waals surface area (Å²) in [7, 11) is 0. The van der Waals surface area contributed by atoms with Crippen molar-refractivity contribution >= 4 is 11.9 Å². The molecule has 0 unspecified atom stereocenters. The van der Waals surface area contributed by atoms with Crippen LogP contribution in [-0.4, -0.2) is 77.7 Å². The lowest BCUT2D eigenvalue weighted by atomic mass is 10.0. The molecule has 0 spiro atoms. The van der Waals surface area contributed by atoms with Crippen LogP contribution < -0.4 is 5.32 Å². The van der Waals surface area contributed by atoms with Gasteiger partial charge < -0.3 is 15.0 Å². The van der Waals surface area contributed by atoms with Gasteiger partial charge in [-0.2, -0.15) is 0 Å². The highest BCUT2D eigenvalue weighted by Crippen LogP contribution is 2.23. The Balaban J connectivity index is 1.39. The molecule has 0 saturated carbocycles. The minimum absolute atomic E-state index is 0.258. The summed E-state index contributed by atoms with van der Waals surface area (Å²) < 4.78 is 5.43. The van der Waals surface area contributed by atoms with Crippen molar-refractivity contribution in [3.63, 3.8) is 0 Å². The van der Waals surface area contributed by atoms with Gasteiger partial charge in [0.05, 0.1) is 13.2 Å². The van der Waals surface area contributed by atoms with Gasteiger partial charge in [-0.05, 0) is 18.4 Å². The van der Waals surface area contributed by atoms with Gasteiger partial charge in [0, 0.05) is 57.6 Å². The number of nitrogens with one attached hydrogen (secondary N) is 1. The average molecular weight is 333 g/mol. The van der Waals surface area contributed by atoms with Gasteiger partial charge in [0.1, 0.15) is 0 Å². The first-order chi connectivity index (χ1) is 11.7. The van der Waals surface area contributed by atoms with Crippen molar-refractivity contribution < 1.29 is 9.53 Å². The number of likely N-dealkylation sites (tertiary alicyclic amines) is 1. The lowest BCUT2D eigenvalue weighted by Gasteiger charge is -2.34. The summed E-state index contributed by atoms with van der Waals surface area (Å²) in [4.78, 5) is 25.2. The van der Waals surface area contributed by atoms with Crippen LogP contribution in [0, 0.1) is 5.92 Å². The molecule has 2 saturated heterocycles. The summed E-state index contributed by atoms with van der Waals surface area (Å²) in [5.74, 6) is 1.41. The van der Waals surface area contributed by atoms with E-state index in [4.69, 9.17) is 4.74 Å². The number of carbonyl (C=O) groups excluding carboxylic acids is 1. The van der Waals surface area contributed by atoms with E-state index in [0.717, 1.165) is 45.8 Å². The molecule has 24 heavy (non-hydrogen) atoms. The number of anilines is 1. The van der Waals surface area contributed by atoms with Crippen molar-refractivity contribution in [2.24, 2.45) is 5.92 Å². The fourth-order valence-corrected chi connectivity index (χ4v) is 3.53. The number of amides is 1. The topological polar surface area (TPSA) is 70.6 Å². The number of nitrogens with zero attached hydrogens (tertiary/aromatic N) is 4. The van der Waals surface area contributed by atoms with Crippen molar-refractivity contribution in [2.45, 2.75) is 25.8 Å². The van der Waals surface area contributed by atoms with Gasteiger partial charge in [-0.25, -0.2) is 9.97 Å². The lowest BCUT2D eigenvalue weighted by Crippen LogP contribution is -2.47. The Kier molecular flexibility index (Phi) is 5.98. The van der Waals surface area contributed by atoms with Crippen LogP contribution in [0.4, 0.5) is 5.95 Å². The molecule has 1 amide bonds. The predicted octanol–water partition coefficient (Wildman–Crippen LogP) is 0.848. The molecule has 1 N–H and O–H groups in total. The summed E-state index contributed by atoms with van der Waals surface area (Å²) >= 11 is 0. The Hall–Kier alpha value is -1.73. The van der Waals surface area contributed by atoms with E-state index in [1.165, 1.54) is 0 Å². The second-order valence-corrected chi connectivity index (χ2v) is 6.59. The van der Waals surface area contributed by atoms with Crippen molar-refractivity contribution in [2.75, 3.05) is 51.3 Å². The maximum Gasteiger partial charge on any atom is 0.222 e. The van der Waals surface area contributed by atoms with Crippen LogP contribution >= 0.6 is 0 Å². The standard InChI is InChI=1S/C17H27N5O2/c1-14-12-22(13-15(14)21-8-10-24-11-9-21)16(23)4-2-5-18-17-19-6-3-7-20-17/h3,6-7,14-15H,2,4-5,8-13H2,1H3,(H,18,19,20)/t14-,15+/m0/s1. The summed E-state index contributed by atoms with van der Waals surface area (Å²) in [6.07, 6.45) is 4.78. The van der Waals surface area contributed by atoms with E-state index in [0.29, 0.717) is 30.9 Å². The number of rotatable bonds is 6. The molecule has 2 aliphatic rings. The van der Waals surface area contributed by atoms with Crippen LogP contribution in [-0.2, 0) is 9.53 Å². The maximum absolute atomic E-state index is 12.5. The second-order valence-electron chi connectivity index (χ2n) is 6.59. The second kappa shape index (κ2) is 8.39. The third-order valence-corrected chi connectivity index (χ3v) is 4.86. The fourth-order valence-electron chi connectivity index (χ4n) is 3.53. The van der Waals surface area contributed by atoms with Crippen LogP contribution in [0.5, 0.6) is 0 Å². The first-order valence-electron chi connectivity index (χ1n) is 8.84. The Morgan fingerprint density at radius 3 is 2.79 bits per heavy atom. The van der Waals surface area contributed by atoms with E-state index >= 15 is 0 Å².